The molecule has 0 saturated carbocycles. The Kier molecular flexibility index (Phi) is 5.67. The number of rotatable bonds is 6. The molecule has 0 unspecified atom stereocenters. The molecule has 0 bridgehead atoms. The monoisotopic (exact) mass is 407 g/mol. The minimum atomic E-state index is -1.72. The van der Waals surface area contributed by atoms with Crippen molar-refractivity contribution in [3.8, 4) is 17.2 Å². The smallest absolute Gasteiger partial charge is 0.311 e. The van der Waals surface area contributed by atoms with Crippen molar-refractivity contribution in [1.29, 1.82) is 0 Å². The zero-order chi connectivity index (χ0) is 21.1. The first-order chi connectivity index (χ1) is 13.8. The van der Waals surface area contributed by atoms with Crippen LogP contribution in [0.15, 0.2) is 48.5 Å². The Bertz CT molecular complexity index is 1040. The molecule has 9 heteroatoms. The lowest BCUT2D eigenvalue weighted by Gasteiger charge is -2.12. The van der Waals surface area contributed by atoms with E-state index in [0.29, 0.717) is 5.56 Å². The van der Waals surface area contributed by atoms with E-state index in [1.54, 1.807) is 30.3 Å². The van der Waals surface area contributed by atoms with Gasteiger partial charge in [-0.3, -0.25) is 10.1 Å². The number of nitro benzene ring substituents is 1. The van der Waals surface area contributed by atoms with Crippen LogP contribution in [0.2, 0.25) is 0 Å². The summed E-state index contributed by atoms with van der Waals surface area (Å²) in [5, 5.41) is 11.2. The highest BCUT2D eigenvalue weighted by Crippen LogP contribution is 2.37. The minimum absolute atomic E-state index is 0.0261. The molecule has 0 aromatic heterocycles. The summed E-state index contributed by atoms with van der Waals surface area (Å²) in [6.45, 7) is 0.851. The number of halogens is 4. The molecule has 0 saturated heterocycles. The van der Waals surface area contributed by atoms with Gasteiger partial charge < -0.3 is 9.47 Å². The van der Waals surface area contributed by atoms with Gasteiger partial charge in [-0.25, -0.2) is 8.78 Å². The molecule has 3 rings (SSSR count). The Balaban J connectivity index is 1.94. The largest absolute Gasteiger partial charge is 0.482 e. The van der Waals surface area contributed by atoms with E-state index in [1.165, 1.54) is 0 Å². The van der Waals surface area contributed by atoms with E-state index in [4.69, 9.17) is 9.47 Å². The van der Waals surface area contributed by atoms with E-state index in [0.717, 1.165) is 25.1 Å². The number of ether oxygens (including phenoxy) is 2. The summed E-state index contributed by atoms with van der Waals surface area (Å²) < 4.78 is 65.9. The average molecular weight is 407 g/mol. The van der Waals surface area contributed by atoms with E-state index < -0.39 is 45.2 Å². The Labute approximate surface area is 162 Å². The summed E-state index contributed by atoms with van der Waals surface area (Å²) >= 11 is 0. The average Bonchev–Trinajstić information content (AvgIpc) is 2.73. The maximum Gasteiger partial charge on any atom is 0.311 e. The van der Waals surface area contributed by atoms with Gasteiger partial charge in [-0.1, -0.05) is 30.3 Å². The van der Waals surface area contributed by atoms with Crippen LogP contribution >= 0.6 is 0 Å². The molecule has 29 heavy (non-hydrogen) atoms. The van der Waals surface area contributed by atoms with Gasteiger partial charge in [0.15, 0.2) is 11.6 Å². The highest BCUT2D eigenvalue weighted by molar-refractivity contribution is 5.52. The van der Waals surface area contributed by atoms with Crippen LogP contribution in [0.25, 0.3) is 0 Å². The molecule has 3 aromatic rings. The molecule has 5 nitrogen and oxygen atoms in total. The first kappa shape index (κ1) is 20.1. The lowest BCUT2D eigenvalue weighted by molar-refractivity contribution is -0.386. The molecular weight excluding hydrogens is 394 g/mol. The Morgan fingerprint density at radius 3 is 2.14 bits per heavy atom. The fraction of sp³-hybridized carbons (Fsp3) is 0.100. The van der Waals surface area contributed by atoms with Gasteiger partial charge in [0.25, 0.3) is 0 Å². The summed E-state index contributed by atoms with van der Waals surface area (Å²) in [4.78, 5) is 10.5. The van der Waals surface area contributed by atoms with Crippen molar-refractivity contribution in [2.75, 3.05) is 0 Å². The molecule has 0 aliphatic rings. The Morgan fingerprint density at radius 2 is 1.55 bits per heavy atom. The fourth-order valence-corrected chi connectivity index (χ4v) is 2.49. The van der Waals surface area contributed by atoms with Crippen molar-refractivity contribution < 1.29 is 32.0 Å². The van der Waals surface area contributed by atoms with E-state index in [2.05, 4.69) is 0 Å². The molecule has 0 atom stereocenters. The molecule has 3 aromatic carbocycles. The second-order valence-corrected chi connectivity index (χ2v) is 5.97. The minimum Gasteiger partial charge on any atom is -0.482 e. The van der Waals surface area contributed by atoms with Crippen molar-refractivity contribution in [3.05, 3.63) is 93.0 Å². The second kappa shape index (κ2) is 8.17. The maximum absolute atomic E-state index is 14.0. The summed E-state index contributed by atoms with van der Waals surface area (Å²) in [5.41, 5.74) is -0.536. The van der Waals surface area contributed by atoms with E-state index in [1.807, 2.05) is 0 Å². The number of nitrogens with zero attached hydrogens (tertiary/aromatic N) is 1. The van der Waals surface area contributed by atoms with Crippen LogP contribution < -0.4 is 9.47 Å². The van der Waals surface area contributed by atoms with Gasteiger partial charge in [-0.2, -0.15) is 8.78 Å². The van der Waals surface area contributed by atoms with E-state index >= 15 is 0 Å². The third-order valence-electron chi connectivity index (χ3n) is 4.03. The van der Waals surface area contributed by atoms with Crippen LogP contribution in [-0.4, -0.2) is 4.92 Å². The predicted octanol–water partition coefficient (Wildman–Crippen LogP) is 5.83. The molecule has 0 heterocycles. The quantitative estimate of drug-likeness (QED) is 0.223. The van der Waals surface area contributed by atoms with Crippen molar-refractivity contribution >= 4 is 5.69 Å². The highest BCUT2D eigenvalue weighted by Gasteiger charge is 2.26. The first-order valence-corrected chi connectivity index (χ1v) is 8.25. The standard InChI is InChI=1S/C20H13F4NO4/c1-11-16(21)18(23)20(19(24)17(11)22)29-13-7-8-14(25(26)27)15(9-13)28-10-12-5-3-2-4-6-12/h2-9H,10H2,1H3. The zero-order valence-corrected chi connectivity index (χ0v) is 14.9. The van der Waals surface area contributed by atoms with Gasteiger partial charge in [0.1, 0.15) is 12.4 Å². The molecule has 150 valence electrons. The number of hydrogen-bond donors (Lipinski definition) is 0. The van der Waals surface area contributed by atoms with Crippen molar-refractivity contribution in [2.24, 2.45) is 0 Å². The van der Waals surface area contributed by atoms with Gasteiger partial charge in [-0.05, 0) is 18.6 Å². The van der Waals surface area contributed by atoms with Crippen molar-refractivity contribution in [2.45, 2.75) is 13.5 Å². The van der Waals surface area contributed by atoms with Crippen LogP contribution in [0.3, 0.4) is 0 Å². The number of benzene rings is 3. The van der Waals surface area contributed by atoms with Crippen molar-refractivity contribution in [1.82, 2.24) is 0 Å². The van der Waals surface area contributed by atoms with Crippen LogP contribution in [0, 0.1) is 40.3 Å². The molecular formula is C20H13F4NO4. The van der Waals surface area contributed by atoms with Crippen LogP contribution in [0.5, 0.6) is 17.2 Å². The molecule has 0 N–H and O–H groups in total. The van der Waals surface area contributed by atoms with Gasteiger partial charge in [0.05, 0.1) is 4.92 Å². The molecule has 0 fully saturated rings. The molecule has 0 aliphatic heterocycles. The van der Waals surface area contributed by atoms with Gasteiger partial charge in [-0.15, -0.1) is 0 Å². The Morgan fingerprint density at radius 1 is 0.931 bits per heavy atom. The van der Waals surface area contributed by atoms with Gasteiger partial charge >= 0.3 is 5.69 Å². The first-order valence-electron chi connectivity index (χ1n) is 8.25. The lowest BCUT2D eigenvalue weighted by atomic mass is 10.2. The van der Waals surface area contributed by atoms with Crippen molar-refractivity contribution in [3.63, 3.8) is 0 Å². The van der Waals surface area contributed by atoms with E-state index in [9.17, 15) is 27.7 Å². The van der Waals surface area contributed by atoms with Crippen LogP contribution in [0.4, 0.5) is 23.2 Å². The highest BCUT2D eigenvalue weighted by atomic mass is 19.2. The number of hydrogen-bond acceptors (Lipinski definition) is 4. The fourth-order valence-electron chi connectivity index (χ4n) is 2.49. The number of nitro groups is 1. The van der Waals surface area contributed by atoms with Gasteiger partial charge in [0, 0.05) is 17.7 Å². The maximum atomic E-state index is 14.0. The molecule has 0 radical (unpaired) electrons. The second-order valence-electron chi connectivity index (χ2n) is 5.97. The molecule has 0 aliphatic carbocycles. The Hall–Kier alpha value is -3.62. The van der Waals surface area contributed by atoms with Gasteiger partial charge in [0.2, 0.25) is 23.1 Å². The third-order valence-corrected chi connectivity index (χ3v) is 4.03. The van der Waals surface area contributed by atoms with E-state index in [-0.39, 0.29) is 18.1 Å². The summed E-state index contributed by atoms with van der Waals surface area (Å²) in [7, 11) is 0. The van der Waals surface area contributed by atoms with Crippen LogP contribution in [0.1, 0.15) is 11.1 Å². The molecule has 0 amide bonds. The normalized spacial score (nSPS) is 10.7. The summed E-state index contributed by atoms with van der Waals surface area (Å²) in [6.07, 6.45) is 0. The summed E-state index contributed by atoms with van der Waals surface area (Å²) in [6, 6.07) is 11.8. The summed E-state index contributed by atoms with van der Waals surface area (Å²) in [5.74, 6) is -8.47. The zero-order valence-electron chi connectivity index (χ0n) is 14.9. The SMILES string of the molecule is Cc1c(F)c(F)c(Oc2ccc([N+](=O)[O-])c(OCc3ccccc3)c2)c(F)c1F. The third kappa shape index (κ3) is 4.13. The molecule has 0 spiro atoms. The lowest BCUT2D eigenvalue weighted by Crippen LogP contribution is -2.04. The predicted molar refractivity (Wildman–Crippen MR) is 95.0 cm³/mol. The topological polar surface area (TPSA) is 61.6 Å². The van der Waals surface area contributed by atoms with Crippen LogP contribution in [-0.2, 0) is 6.61 Å².